The SMILES string of the molecule is C=CC(=O)OCCCC.C=Cc1ccccc1.CCC(CO)(CO)CO.CCOC(=O)C=CC(=O)O. The summed E-state index contributed by atoms with van der Waals surface area (Å²) >= 11 is 0. The molecule has 0 bridgehead atoms. The Balaban J connectivity index is -0.000000404. The molecule has 1 aromatic rings. The monoisotopic (exact) mass is 510 g/mol. The van der Waals surface area contributed by atoms with Crippen LogP contribution < -0.4 is 0 Å². The van der Waals surface area contributed by atoms with Gasteiger partial charge in [-0.1, -0.05) is 69.8 Å². The van der Waals surface area contributed by atoms with Gasteiger partial charge in [-0.3, -0.25) is 0 Å². The van der Waals surface area contributed by atoms with Crippen molar-refractivity contribution in [2.24, 2.45) is 5.41 Å². The Morgan fingerprint density at radius 2 is 1.44 bits per heavy atom. The summed E-state index contributed by atoms with van der Waals surface area (Å²) in [5.41, 5.74) is 0.507. The molecule has 0 aromatic heterocycles. The van der Waals surface area contributed by atoms with Crippen LogP contribution >= 0.6 is 0 Å². The molecule has 204 valence electrons. The minimum Gasteiger partial charge on any atom is -0.478 e. The van der Waals surface area contributed by atoms with Gasteiger partial charge in [0.2, 0.25) is 0 Å². The molecule has 0 saturated heterocycles. The van der Waals surface area contributed by atoms with Gasteiger partial charge in [0.25, 0.3) is 0 Å². The second-order valence-corrected chi connectivity index (χ2v) is 7.09. The van der Waals surface area contributed by atoms with E-state index >= 15 is 0 Å². The molecular weight excluding hydrogens is 468 g/mol. The van der Waals surface area contributed by atoms with E-state index in [-0.39, 0.29) is 32.4 Å². The fourth-order valence-corrected chi connectivity index (χ4v) is 1.78. The maximum atomic E-state index is 10.4. The minimum absolute atomic E-state index is 0.156. The van der Waals surface area contributed by atoms with E-state index in [0.717, 1.165) is 25.0 Å². The third kappa shape index (κ3) is 23.9. The number of ether oxygens (including phenoxy) is 2. The average Bonchev–Trinajstić information content (AvgIpc) is 2.91. The average molecular weight is 511 g/mol. The summed E-state index contributed by atoms with van der Waals surface area (Å²) in [4.78, 5) is 30.5. The van der Waals surface area contributed by atoms with E-state index in [4.69, 9.17) is 20.4 Å². The highest BCUT2D eigenvalue weighted by molar-refractivity contribution is 5.90. The highest BCUT2D eigenvalue weighted by Crippen LogP contribution is 2.18. The summed E-state index contributed by atoms with van der Waals surface area (Å²) in [7, 11) is 0. The number of hydrogen-bond acceptors (Lipinski definition) is 8. The number of carboxylic acids is 1. The van der Waals surface area contributed by atoms with Crippen LogP contribution in [0, 0.1) is 5.41 Å². The number of benzene rings is 1. The number of unbranched alkanes of at least 4 members (excludes halogenated alkanes) is 1. The molecular formula is C27H42O9. The van der Waals surface area contributed by atoms with Gasteiger partial charge in [0.1, 0.15) is 0 Å². The van der Waals surface area contributed by atoms with Crippen molar-refractivity contribution in [2.45, 2.75) is 40.0 Å². The Hall–Kier alpha value is -3.27. The fraction of sp³-hybridized carbons (Fsp3) is 0.444. The van der Waals surface area contributed by atoms with Gasteiger partial charge in [-0.2, -0.15) is 0 Å². The third-order valence-corrected chi connectivity index (χ3v) is 4.35. The Kier molecular flexibility index (Phi) is 27.3. The Morgan fingerprint density at radius 1 is 0.889 bits per heavy atom. The van der Waals surface area contributed by atoms with E-state index in [2.05, 4.69) is 22.6 Å². The third-order valence-electron chi connectivity index (χ3n) is 4.35. The standard InChI is InChI=1S/C8H8.C7H12O2.C6H8O4.C6H14O3/c1-2-8-6-4-3-5-7-8;1-3-5-6-9-7(8)4-2;1-2-10-6(9)4-3-5(7)8;1-2-6(3-7,4-8)5-9/h2-7H,1H2;4H,2-3,5-6H2,1H3;3-4H,2H2,1H3,(H,7,8);7-9H,2-5H2,1H3. The van der Waals surface area contributed by atoms with Gasteiger partial charge in [-0.05, 0) is 25.3 Å². The molecule has 4 N–H and O–H groups in total. The van der Waals surface area contributed by atoms with Gasteiger partial charge in [-0.15, -0.1) is 0 Å². The van der Waals surface area contributed by atoms with Gasteiger partial charge in [0.05, 0.1) is 33.0 Å². The predicted octanol–water partition coefficient (Wildman–Crippen LogP) is 3.40. The zero-order valence-corrected chi connectivity index (χ0v) is 21.6. The lowest BCUT2D eigenvalue weighted by Crippen LogP contribution is -2.32. The molecule has 0 radical (unpaired) electrons. The van der Waals surface area contributed by atoms with Crippen molar-refractivity contribution in [1.82, 2.24) is 0 Å². The van der Waals surface area contributed by atoms with Gasteiger partial charge < -0.3 is 29.9 Å². The summed E-state index contributed by atoms with van der Waals surface area (Å²) in [5, 5.41) is 34.0. The van der Waals surface area contributed by atoms with Crippen LogP contribution in [0.3, 0.4) is 0 Å². The Morgan fingerprint density at radius 3 is 1.75 bits per heavy atom. The molecule has 0 amide bonds. The number of carboxylic acid groups (broad SMARTS) is 1. The summed E-state index contributed by atoms with van der Waals surface area (Å²) in [6.45, 7) is 12.7. The molecule has 0 fully saturated rings. The summed E-state index contributed by atoms with van der Waals surface area (Å²) in [6, 6.07) is 10.0. The smallest absolute Gasteiger partial charge is 0.330 e. The van der Waals surface area contributed by atoms with E-state index in [1.54, 1.807) is 6.92 Å². The lowest BCUT2D eigenvalue weighted by molar-refractivity contribution is -0.138. The molecule has 0 aliphatic heterocycles. The number of carbonyl (C=O) groups is 3. The first kappa shape index (κ1) is 37.3. The first-order valence-electron chi connectivity index (χ1n) is 11.5. The zero-order chi connectivity index (χ0) is 28.2. The van der Waals surface area contributed by atoms with Crippen molar-refractivity contribution in [3.8, 4) is 0 Å². The highest BCUT2D eigenvalue weighted by atomic mass is 16.5. The molecule has 0 atom stereocenters. The van der Waals surface area contributed by atoms with Crippen LogP contribution in [0.5, 0.6) is 0 Å². The van der Waals surface area contributed by atoms with Gasteiger partial charge >= 0.3 is 17.9 Å². The molecule has 1 aromatic carbocycles. The molecule has 0 saturated carbocycles. The van der Waals surface area contributed by atoms with E-state index < -0.39 is 17.4 Å². The van der Waals surface area contributed by atoms with Crippen molar-refractivity contribution in [3.63, 3.8) is 0 Å². The highest BCUT2D eigenvalue weighted by Gasteiger charge is 2.24. The normalized spacial score (nSPS) is 9.72. The van der Waals surface area contributed by atoms with Crippen molar-refractivity contribution in [1.29, 1.82) is 0 Å². The van der Waals surface area contributed by atoms with Crippen LogP contribution in [0.1, 0.15) is 45.6 Å². The maximum absolute atomic E-state index is 10.4. The van der Waals surface area contributed by atoms with Gasteiger partial charge in [-0.25, -0.2) is 14.4 Å². The van der Waals surface area contributed by atoms with Crippen LogP contribution in [-0.2, 0) is 23.9 Å². The molecule has 0 aliphatic rings. The van der Waals surface area contributed by atoms with Crippen LogP contribution in [-0.4, -0.2) is 71.4 Å². The van der Waals surface area contributed by atoms with E-state index in [0.29, 0.717) is 13.0 Å². The summed E-state index contributed by atoms with van der Waals surface area (Å²) in [5.74, 6) is -2.12. The molecule has 0 unspecified atom stereocenters. The topological polar surface area (TPSA) is 151 Å². The summed E-state index contributed by atoms with van der Waals surface area (Å²) < 4.78 is 9.08. The van der Waals surface area contributed by atoms with E-state index in [1.165, 1.54) is 11.6 Å². The first-order chi connectivity index (χ1) is 17.1. The fourth-order valence-electron chi connectivity index (χ4n) is 1.78. The minimum atomic E-state index is -1.16. The largest absolute Gasteiger partial charge is 0.478 e. The maximum Gasteiger partial charge on any atom is 0.330 e. The predicted molar refractivity (Wildman–Crippen MR) is 140 cm³/mol. The van der Waals surface area contributed by atoms with E-state index in [1.807, 2.05) is 50.3 Å². The lowest BCUT2D eigenvalue weighted by atomic mass is 9.88. The van der Waals surface area contributed by atoms with Gasteiger partial charge in [0.15, 0.2) is 0 Å². The second kappa shape index (κ2) is 26.3. The quantitative estimate of drug-likeness (QED) is 0.188. The Labute approximate surface area is 214 Å². The number of hydrogen-bond donors (Lipinski definition) is 4. The molecule has 0 heterocycles. The lowest BCUT2D eigenvalue weighted by Gasteiger charge is -2.24. The first-order valence-corrected chi connectivity index (χ1v) is 11.5. The Bertz CT molecular complexity index is 721. The molecule has 36 heavy (non-hydrogen) atoms. The van der Waals surface area contributed by atoms with E-state index in [9.17, 15) is 14.4 Å². The molecule has 0 spiro atoms. The number of aliphatic hydroxyl groups is 3. The van der Waals surface area contributed by atoms with Crippen LogP contribution in [0.2, 0.25) is 0 Å². The molecule has 9 nitrogen and oxygen atoms in total. The van der Waals surface area contributed by atoms with Crippen LogP contribution in [0.15, 0.2) is 61.7 Å². The van der Waals surface area contributed by atoms with Crippen molar-refractivity contribution < 1.29 is 44.3 Å². The van der Waals surface area contributed by atoms with Crippen LogP contribution in [0.4, 0.5) is 0 Å². The summed E-state index contributed by atoms with van der Waals surface area (Å²) in [6.07, 6.45) is 7.18. The number of rotatable bonds is 12. The van der Waals surface area contributed by atoms with Crippen LogP contribution in [0.25, 0.3) is 6.08 Å². The number of carbonyl (C=O) groups excluding carboxylic acids is 2. The number of esters is 2. The van der Waals surface area contributed by atoms with Gasteiger partial charge in [0, 0.05) is 23.6 Å². The number of aliphatic hydroxyl groups excluding tert-OH is 3. The molecule has 0 aliphatic carbocycles. The zero-order valence-electron chi connectivity index (χ0n) is 21.6. The number of aliphatic carboxylic acids is 1. The molecule has 9 heteroatoms. The molecule has 1 rings (SSSR count). The van der Waals surface area contributed by atoms with Crippen molar-refractivity contribution in [2.75, 3.05) is 33.0 Å². The second-order valence-electron chi connectivity index (χ2n) is 7.09. The van der Waals surface area contributed by atoms with Crippen molar-refractivity contribution in [3.05, 3.63) is 67.3 Å². The van der Waals surface area contributed by atoms with Crippen molar-refractivity contribution >= 4 is 24.0 Å².